The van der Waals surface area contributed by atoms with E-state index in [1.165, 1.54) is 12.8 Å². The van der Waals surface area contributed by atoms with Crippen LogP contribution in [0.25, 0.3) is 0 Å². The molecule has 1 spiro atoms. The second-order valence-electron chi connectivity index (χ2n) is 7.70. The number of carbonyl (C=O) groups excluding carboxylic acids is 1. The molecule has 2 aliphatic heterocycles. The second-order valence-corrected chi connectivity index (χ2v) is 7.70. The van der Waals surface area contributed by atoms with Crippen molar-refractivity contribution in [1.29, 1.82) is 0 Å². The van der Waals surface area contributed by atoms with Gasteiger partial charge in [0.1, 0.15) is 0 Å². The van der Waals surface area contributed by atoms with Crippen molar-refractivity contribution >= 4 is 5.91 Å². The zero-order valence-corrected chi connectivity index (χ0v) is 15.2. The summed E-state index contributed by atoms with van der Waals surface area (Å²) in [7, 11) is 0. The number of hydrogen-bond donors (Lipinski definition) is 0. The Morgan fingerprint density at radius 2 is 1.73 bits per heavy atom. The van der Waals surface area contributed by atoms with Gasteiger partial charge in [-0.1, -0.05) is 12.1 Å². The molecule has 2 saturated heterocycles. The quantitative estimate of drug-likeness (QED) is 0.850. The first-order valence-electron chi connectivity index (χ1n) is 9.52. The number of hydrogen-bond acceptors (Lipinski definition) is 4. The Kier molecular flexibility index (Phi) is 4.98. The number of piperidine rings is 1. The molecule has 2 aromatic rings. The third-order valence-electron chi connectivity index (χ3n) is 5.70. The van der Waals surface area contributed by atoms with Crippen LogP contribution in [0.3, 0.4) is 0 Å². The van der Waals surface area contributed by atoms with E-state index in [-0.39, 0.29) is 11.3 Å². The Labute approximate surface area is 155 Å². The molecular weight excluding hydrogens is 324 g/mol. The topological polar surface area (TPSA) is 49.3 Å². The van der Waals surface area contributed by atoms with E-state index in [1.807, 2.05) is 30.5 Å². The molecule has 0 bridgehead atoms. The largest absolute Gasteiger partial charge is 0.342 e. The Morgan fingerprint density at radius 3 is 2.46 bits per heavy atom. The lowest BCUT2D eigenvalue weighted by atomic mass is 9.79. The van der Waals surface area contributed by atoms with Crippen LogP contribution in [0.4, 0.5) is 0 Å². The minimum Gasteiger partial charge on any atom is -0.342 e. The van der Waals surface area contributed by atoms with E-state index in [1.54, 1.807) is 6.20 Å². The Balaban J connectivity index is 1.36. The number of nitrogens with zero attached hydrogens (tertiary/aromatic N) is 4. The maximum absolute atomic E-state index is 12.7. The zero-order valence-electron chi connectivity index (χ0n) is 15.2. The van der Waals surface area contributed by atoms with Crippen molar-refractivity contribution in [1.82, 2.24) is 19.8 Å². The van der Waals surface area contributed by atoms with Gasteiger partial charge in [0.2, 0.25) is 5.91 Å². The standard InChI is InChI=1S/C21H26N4O/c26-20(14-18-6-1-3-10-22-18)25-13-9-21(17-25)8-5-12-24(16-21)15-19-7-2-4-11-23-19/h1-4,6-7,10-11H,5,8-9,12-17H2/t21-/m0/s1. The van der Waals surface area contributed by atoms with E-state index < -0.39 is 0 Å². The van der Waals surface area contributed by atoms with E-state index in [2.05, 4.69) is 31.9 Å². The number of aromatic nitrogens is 2. The molecule has 0 N–H and O–H groups in total. The van der Waals surface area contributed by atoms with Crippen LogP contribution in [0.1, 0.15) is 30.7 Å². The minimum absolute atomic E-state index is 0.211. The van der Waals surface area contributed by atoms with Crippen LogP contribution in [0.5, 0.6) is 0 Å². The summed E-state index contributed by atoms with van der Waals surface area (Å²) in [4.78, 5) is 26.0. The maximum atomic E-state index is 12.7. The number of rotatable bonds is 4. The van der Waals surface area contributed by atoms with Crippen LogP contribution >= 0.6 is 0 Å². The highest BCUT2D eigenvalue weighted by atomic mass is 16.2. The molecular formula is C21H26N4O. The molecule has 136 valence electrons. The average Bonchev–Trinajstić information content (AvgIpc) is 3.07. The van der Waals surface area contributed by atoms with E-state index in [4.69, 9.17) is 0 Å². The SMILES string of the molecule is O=C(Cc1ccccn1)N1CC[C@]2(CCCN(Cc3ccccn3)C2)C1. The smallest absolute Gasteiger partial charge is 0.228 e. The van der Waals surface area contributed by atoms with Crippen molar-refractivity contribution in [3.63, 3.8) is 0 Å². The van der Waals surface area contributed by atoms with E-state index in [9.17, 15) is 4.79 Å². The van der Waals surface area contributed by atoms with Gasteiger partial charge in [0.25, 0.3) is 0 Å². The van der Waals surface area contributed by atoms with Crippen LogP contribution in [0, 0.1) is 5.41 Å². The van der Waals surface area contributed by atoms with E-state index >= 15 is 0 Å². The van der Waals surface area contributed by atoms with Gasteiger partial charge in [0, 0.05) is 49.7 Å². The number of likely N-dealkylation sites (tertiary alicyclic amines) is 2. The molecule has 0 unspecified atom stereocenters. The molecule has 0 aromatic carbocycles. The summed E-state index contributed by atoms with van der Waals surface area (Å²) in [6.45, 7) is 4.86. The highest BCUT2D eigenvalue weighted by molar-refractivity contribution is 5.78. The van der Waals surface area contributed by atoms with Gasteiger partial charge in [-0.2, -0.15) is 0 Å². The highest BCUT2D eigenvalue weighted by Gasteiger charge is 2.42. The molecule has 0 radical (unpaired) electrons. The Morgan fingerprint density at radius 1 is 0.962 bits per heavy atom. The highest BCUT2D eigenvalue weighted by Crippen LogP contribution is 2.39. The van der Waals surface area contributed by atoms with E-state index in [0.29, 0.717) is 6.42 Å². The molecule has 5 heteroatoms. The summed E-state index contributed by atoms with van der Waals surface area (Å²) in [5.74, 6) is 0.211. The third-order valence-corrected chi connectivity index (χ3v) is 5.70. The Hall–Kier alpha value is -2.27. The molecule has 0 saturated carbocycles. The minimum atomic E-state index is 0.211. The van der Waals surface area contributed by atoms with Gasteiger partial charge in [0.15, 0.2) is 0 Å². The predicted octanol–water partition coefficient (Wildman–Crippen LogP) is 2.53. The molecule has 1 amide bonds. The van der Waals surface area contributed by atoms with E-state index in [0.717, 1.165) is 50.5 Å². The molecule has 26 heavy (non-hydrogen) atoms. The van der Waals surface area contributed by atoms with Crippen molar-refractivity contribution in [2.45, 2.75) is 32.2 Å². The fourth-order valence-corrected chi connectivity index (χ4v) is 4.42. The molecule has 1 atom stereocenters. The van der Waals surface area contributed by atoms with Crippen molar-refractivity contribution < 1.29 is 4.79 Å². The molecule has 2 fully saturated rings. The average molecular weight is 350 g/mol. The lowest BCUT2D eigenvalue weighted by Crippen LogP contribution is -2.45. The fourth-order valence-electron chi connectivity index (χ4n) is 4.42. The molecule has 5 nitrogen and oxygen atoms in total. The van der Waals surface area contributed by atoms with Gasteiger partial charge in [-0.25, -0.2) is 0 Å². The molecule has 4 heterocycles. The van der Waals surface area contributed by atoms with Crippen molar-refractivity contribution in [2.24, 2.45) is 5.41 Å². The van der Waals surface area contributed by atoms with Gasteiger partial charge in [0.05, 0.1) is 12.1 Å². The summed E-state index contributed by atoms with van der Waals surface area (Å²) in [5, 5.41) is 0. The molecule has 2 aromatic heterocycles. The van der Waals surface area contributed by atoms with Gasteiger partial charge in [-0.15, -0.1) is 0 Å². The van der Waals surface area contributed by atoms with Crippen LogP contribution in [-0.4, -0.2) is 51.9 Å². The first kappa shape index (κ1) is 17.2. The third kappa shape index (κ3) is 3.93. The summed E-state index contributed by atoms with van der Waals surface area (Å²) in [6, 6.07) is 11.9. The van der Waals surface area contributed by atoms with Crippen molar-refractivity contribution in [3.05, 3.63) is 60.2 Å². The van der Waals surface area contributed by atoms with Gasteiger partial charge in [-0.3, -0.25) is 19.7 Å². The number of pyridine rings is 2. The molecule has 0 aliphatic carbocycles. The monoisotopic (exact) mass is 350 g/mol. The lowest BCUT2D eigenvalue weighted by Gasteiger charge is -2.40. The normalized spacial score (nSPS) is 23.5. The first-order chi connectivity index (χ1) is 12.7. The summed E-state index contributed by atoms with van der Waals surface area (Å²) < 4.78 is 0. The summed E-state index contributed by atoms with van der Waals surface area (Å²) >= 11 is 0. The van der Waals surface area contributed by atoms with Crippen LogP contribution < -0.4 is 0 Å². The van der Waals surface area contributed by atoms with Crippen LogP contribution in [-0.2, 0) is 17.8 Å². The number of amides is 1. The van der Waals surface area contributed by atoms with Crippen LogP contribution in [0.15, 0.2) is 48.8 Å². The Bertz CT molecular complexity index is 736. The molecule has 4 rings (SSSR count). The van der Waals surface area contributed by atoms with Gasteiger partial charge in [-0.05, 0) is 50.1 Å². The van der Waals surface area contributed by atoms with Crippen molar-refractivity contribution in [2.75, 3.05) is 26.2 Å². The molecule has 2 aliphatic rings. The van der Waals surface area contributed by atoms with Crippen LogP contribution in [0.2, 0.25) is 0 Å². The second kappa shape index (κ2) is 7.54. The maximum Gasteiger partial charge on any atom is 0.228 e. The first-order valence-corrected chi connectivity index (χ1v) is 9.52. The van der Waals surface area contributed by atoms with Crippen molar-refractivity contribution in [3.8, 4) is 0 Å². The van der Waals surface area contributed by atoms with Gasteiger partial charge >= 0.3 is 0 Å². The summed E-state index contributed by atoms with van der Waals surface area (Å²) in [6.07, 6.45) is 7.57. The fraction of sp³-hybridized carbons (Fsp3) is 0.476. The predicted molar refractivity (Wildman–Crippen MR) is 100 cm³/mol. The zero-order chi connectivity index (χ0) is 17.8. The summed E-state index contributed by atoms with van der Waals surface area (Å²) in [5.41, 5.74) is 2.25. The van der Waals surface area contributed by atoms with Gasteiger partial charge < -0.3 is 4.90 Å². The number of carbonyl (C=O) groups is 1. The lowest BCUT2D eigenvalue weighted by molar-refractivity contribution is -0.130.